The number of allylic oxidation sites excluding steroid dienone is 1. The van der Waals surface area contributed by atoms with Gasteiger partial charge in [0.2, 0.25) is 16.0 Å². The largest absolute Gasteiger partial charge is 0.330 e. The molecule has 0 bridgehead atoms. The molecule has 1 atom stereocenters. The molecule has 1 aromatic carbocycles. The number of nitrogens with one attached hydrogen (secondary N) is 4. The predicted octanol–water partition coefficient (Wildman–Crippen LogP) is 3.61. The van der Waals surface area contributed by atoms with Crippen LogP contribution < -0.4 is 10.6 Å². The van der Waals surface area contributed by atoms with Gasteiger partial charge in [0.05, 0.1) is 10.1 Å². The topological polar surface area (TPSA) is 190 Å². The van der Waals surface area contributed by atoms with Crippen LogP contribution in [0, 0.1) is 9.28 Å². The number of anilines is 2. The smallest absolute Gasteiger partial charge is 0.288 e. The van der Waals surface area contributed by atoms with Crippen LogP contribution >= 0.6 is 49.7 Å². The summed E-state index contributed by atoms with van der Waals surface area (Å²) in [5, 5.41) is 6.16. The van der Waals surface area contributed by atoms with E-state index in [0.717, 1.165) is 0 Å². The maximum Gasteiger partial charge on any atom is 0.288 e. The Morgan fingerprint density at radius 1 is 0.895 bits per heavy atom. The molecule has 0 spiro atoms. The summed E-state index contributed by atoms with van der Waals surface area (Å²) in [7, 11) is -11.1. The maximum atomic E-state index is 13.0. The molecule has 0 saturated carbocycles. The minimum Gasteiger partial charge on any atom is -0.330 e. The first-order valence-electron chi connectivity index (χ1n) is 10.5. The van der Waals surface area contributed by atoms with Crippen molar-refractivity contribution >= 4 is 81.8 Å². The fraction of sp³-hybridized carbons (Fsp3) is 0.200. The summed E-state index contributed by atoms with van der Waals surface area (Å²) in [6.45, 7) is 0. The van der Waals surface area contributed by atoms with Gasteiger partial charge in [-0.1, -0.05) is 60.8 Å². The summed E-state index contributed by atoms with van der Waals surface area (Å²) in [5.41, 5.74) is -1.69. The minimum absolute atomic E-state index is 0.0435. The van der Waals surface area contributed by atoms with Crippen molar-refractivity contribution in [3.63, 3.8) is 0 Å². The number of thiol groups is 2. The molecule has 0 amide bonds. The summed E-state index contributed by atoms with van der Waals surface area (Å²) in [6, 6.07) is 10.6. The van der Waals surface area contributed by atoms with E-state index in [2.05, 4.69) is 55.8 Å². The highest BCUT2D eigenvalue weighted by molar-refractivity contribution is 8.05. The fourth-order valence-corrected chi connectivity index (χ4v) is 8.27. The zero-order valence-electron chi connectivity index (χ0n) is 18.9. The fourth-order valence-electron chi connectivity index (χ4n) is 4.26. The van der Waals surface area contributed by atoms with Crippen LogP contribution in [0.5, 0.6) is 0 Å². The van der Waals surface area contributed by atoms with Gasteiger partial charge in [0, 0.05) is 24.5 Å². The number of rotatable bonds is 7. The van der Waals surface area contributed by atoms with Crippen LogP contribution in [0.3, 0.4) is 0 Å². The Morgan fingerprint density at radius 3 is 1.79 bits per heavy atom. The van der Waals surface area contributed by atoms with Crippen LogP contribution in [-0.2, 0) is 20.2 Å². The van der Waals surface area contributed by atoms with E-state index < -0.39 is 42.3 Å². The number of benzene rings is 1. The third kappa shape index (κ3) is 5.67. The van der Waals surface area contributed by atoms with Gasteiger partial charge < -0.3 is 20.6 Å². The van der Waals surface area contributed by atoms with Crippen LogP contribution in [0.2, 0.25) is 0 Å². The van der Waals surface area contributed by atoms with Gasteiger partial charge in [-0.25, -0.2) is 9.97 Å². The predicted molar refractivity (Wildman–Crippen MR) is 152 cm³/mol. The molecule has 202 valence electrons. The highest BCUT2D eigenvalue weighted by atomic mass is 32.3. The van der Waals surface area contributed by atoms with Gasteiger partial charge in [-0.05, 0) is 11.6 Å². The van der Waals surface area contributed by atoms with Crippen molar-refractivity contribution < 1.29 is 25.9 Å². The number of H-pyrrole nitrogens is 2. The van der Waals surface area contributed by atoms with Gasteiger partial charge in [-0.2, -0.15) is 16.8 Å². The first-order valence-corrected chi connectivity index (χ1v) is 15.1. The lowest BCUT2D eigenvalue weighted by Gasteiger charge is -2.45. The maximum absolute atomic E-state index is 13.0. The van der Waals surface area contributed by atoms with E-state index in [9.17, 15) is 25.9 Å². The molecule has 0 saturated heterocycles. The molecule has 6 N–H and O–H groups in total. The summed E-state index contributed by atoms with van der Waals surface area (Å²) in [6.07, 6.45) is 1.68. The van der Waals surface area contributed by atoms with Gasteiger partial charge in [-0.15, -0.1) is 25.3 Å². The van der Waals surface area contributed by atoms with Crippen LogP contribution in [0.15, 0.2) is 64.7 Å². The zero-order chi connectivity index (χ0) is 27.9. The minimum atomic E-state index is -5.53. The van der Waals surface area contributed by atoms with Gasteiger partial charge >= 0.3 is 0 Å². The third-order valence-electron chi connectivity index (χ3n) is 5.74. The van der Waals surface area contributed by atoms with Crippen molar-refractivity contribution in [2.24, 2.45) is 0 Å². The molecule has 12 nitrogen and oxygen atoms in total. The molecule has 4 rings (SSSR count). The molecule has 2 aromatic heterocycles. The van der Waals surface area contributed by atoms with Crippen molar-refractivity contribution in [1.29, 1.82) is 0 Å². The van der Waals surface area contributed by atoms with Gasteiger partial charge in [-0.3, -0.25) is 9.11 Å². The van der Waals surface area contributed by atoms with Crippen molar-refractivity contribution in [1.82, 2.24) is 19.9 Å². The third-order valence-corrected chi connectivity index (χ3v) is 10.4. The Bertz CT molecular complexity index is 1650. The molecule has 2 heterocycles. The normalized spacial score (nSPS) is 18.6. The molecule has 1 aliphatic rings. The van der Waals surface area contributed by atoms with Gasteiger partial charge in [0.25, 0.3) is 20.2 Å². The second kappa shape index (κ2) is 10.3. The second-order valence-corrected chi connectivity index (χ2v) is 13.7. The van der Waals surface area contributed by atoms with Crippen molar-refractivity contribution in [3.8, 4) is 0 Å². The molecular weight excluding hydrogens is 613 g/mol. The highest BCUT2D eigenvalue weighted by Gasteiger charge is 2.65. The number of aromatic amines is 2. The van der Waals surface area contributed by atoms with E-state index in [-0.39, 0.29) is 36.8 Å². The lowest BCUT2D eigenvalue weighted by molar-refractivity contribution is 0.368. The summed E-state index contributed by atoms with van der Waals surface area (Å²) < 4.78 is 70.0. The molecule has 38 heavy (non-hydrogen) atoms. The van der Waals surface area contributed by atoms with Crippen LogP contribution in [-0.4, -0.2) is 55.6 Å². The molecule has 0 aliphatic heterocycles. The lowest BCUT2D eigenvalue weighted by Crippen LogP contribution is -2.61. The Labute approximate surface area is 238 Å². The Kier molecular flexibility index (Phi) is 7.80. The standard InChI is InChI=1S/C20H20N6O6S6/c27-37(28,29)20(38(30,31)32)10-19(25-17-21-13(33)8-14(34)22-17,26-18-23-15(35)9-16(36)24-18)7-6-12(20)11-4-2-1-3-5-11/h1-9,12H,10H2,(H,27,28,29)(H,30,31,32)(H3,21,22,25,33,34)(H3,23,24,26,35,36). The monoisotopic (exact) mass is 632 g/mol. The van der Waals surface area contributed by atoms with Crippen molar-refractivity contribution in [3.05, 3.63) is 69.5 Å². The van der Waals surface area contributed by atoms with Crippen LogP contribution in [0.25, 0.3) is 0 Å². The first kappa shape index (κ1) is 28.7. The van der Waals surface area contributed by atoms with Crippen LogP contribution in [0.1, 0.15) is 17.9 Å². The van der Waals surface area contributed by atoms with E-state index >= 15 is 0 Å². The van der Waals surface area contributed by atoms with Gasteiger partial charge in [0.1, 0.15) is 14.9 Å². The quantitative estimate of drug-likeness (QED) is 0.0472. The molecule has 3 aromatic rings. The highest BCUT2D eigenvalue weighted by Crippen LogP contribution is 2.49. The zero-order valence-corrected chi connectivity index (χ0v) is 24.0. The van der Waals surface area contributed by atoms with Crippen LogP contribution in [0.4, 0.5) is 11.9 Å². The molecule has 0 radical (unpaired) electrons. The average Bonchev–Trinajstić information content (AvgIpc) is 2.76. The molecule has 18 heteroatoms. The average molecular weight is 633 g/mol. The number of nitrogens with zero attached hydrogens (tertiary/aromatic N) is 2. The molecule has 1 aliphatic carbocycles. The second-order valence-electron chi connectivity index (χ2n) is 8.31. The first-order chi connectivity index (χ1) is 17.6. The molecule has 1 unspecified atom stereocenters. The summed E-state index contributed by atoms with van der Waals surface area (Å²) in [5.74, 6) is -1.60. The van der Waals surface area contributed by atoms with Crippen molar-refractivity contribution in [2.75, 3.05) is 10.6 Å². The van der Waals surface area contributed by atoms with E-state index in [1.54, 1.807) is 18.2 Å². The Hall–Kier alpha value is -2.32. The van der Waals surface area contributed by atoms with Gasteiger partial charge in [0.15, 0.2) is 0 Å². The Morgan fingerprint density at radius 2 is 1.37 bits per heavy atom. The number of hydrogen-bond acceptors (Lipinski definition) is 12. The lowest BCUT2D eigenvalue weighted by atomic mass is 9.83. The summed E-state index contributed by atoms with van der Waals surface area (Å²) in [4.78, 5) is 13.8. The Balaban J connectivity index is 2.01. The summed E-state index contributed by atoms with van der Waals surface area (Å²) >= 11 is 18.7. The van der Waals surface area contributed by atoms with E-state index in [1.807, 2.05) is 0 Å². The van der Waals surface area contributed by atoms with E-state index in [0.29, 0.717) is 0 Å². The van der Waals surface area contributed by atoms with E-state index in [1.165, 1.54) is 36.4 Å². The van der Waals surface area contributed by atoms with Crippen molar-refractivity contribution in [2.45, 2.75) is 32.1 Å². The molecular formula is C20H20N6O6S6. The molecule has 0 fully saturated rings. The SMILES string of the molecule is O=S(=O)(O)C1(S(=O)(=O)O)CC(Nc2nc(S)cc(=S)[nH]2)(Nc2nc(S)cc(=S)[nH]2)C=CC1c1ccccc1. The van der Waals surface area contributed by atoms with E-state index in [4.69, 9.17) is 24.4 Å². The number of hydrogen-bond donors (Lipinski definition) is 8. The number of aromatic nitrogens is 4.